The van der Waals surface area contributed by atoms with Gasteiger partial charge in [-0.2, -0.15) is 13.2 Å². The SMILES string of the molecule is NCC(F)(Cc1cccc(Br)c1)C(F)(F)F. The maximum atomic E-state index is 13.6. The van der Waals surface area contributed by atoms with Crippen molar-refractivity contribution >= 4 is 15.9 Å². The van der Waals surface area contributed by atoms with Gasteiger partial charge in [0.1, 0.15) is 0 Å². The number of hydrogen-bond donors (Lipinski definition) is 1. The van der Waals surface area contributed by atoms with Gasteiger partial charge in [0.15, 0.2) is 0 Å². The lowest BCUT2D eigenvalue weighted by molar-refractivity contribution is -0.226. The summed E-state index contributed by atoms with van der Waals surface area (Å²) in [5.41, 5.74) is 1.75. The summed E-state index contributed by atoms with van der Waals surface area (Å²) < 4.78 is 51.5. The van der Waals surface area contributed by atoms with Crippen molar-refractivity contribution in [2.45, 2.75) is 18.3 Å². The summed E-state index contributed by atoms with van der Waals surface area (Å²) in [4.78, 5) is 0. The summed E-state index contributed by atoms with van der Waals surface area (Å²) in [7, 11) is 0. The van der Waals surface area contributed by atoms with E-state index in [0.717, 1.165) is 0 Å². The van der Waals surface area contributed by atoms with Crippen LogP contribution >= 0.6 is 15.9 Å². The van der Waals surface area contributed by atoms with E-state index < -0.39 is 24.8 Å². The van der Waals surface area contributed by atoms with E-state index in [4.69, 9.17) is 5.73 Å². The van der Waals surface area contributed by atoms with Gasteiger partial charge in [-0.1, -0.05) is 28.1 Å². The molecule has 0 spiro atoms. The fraction of sp³-hybridized carbons (Fsp3) is 0.400. The number of rotatable bonds is 3. The molecule has 1 unspecified atom stereocenters. The fourth-order valence-corrected chi connectivity index (χ4v) is 1.71. The molecule has 0 saturated carbocycles. The van der Waals surface area contributed by atoms with Crippen molar-refractivity contribution in [3.63, 3.8) is 0 Å². The molecule has 1 atom stereocenters. The second-order valence-electron chi connectivity index (χ2n) is 3.47. The standard InChI is InChI=1S/C10H10BrF4N/c11-8-3-1-2-7(4-8)5-9(12,6-16)10(13,14)15/h1-4H,5-6,16H2. The van der Waals surface area contributed by atoms with Crippen molar-refractivity contribution in [1.29, 1.82) is 0 Å². The number of alkyl halides is 4. The lowest BCUT2D eigenvalue weighted by Gasteiger charge is -2.26. The monoisotopic (exact) mass is 299 g/mol. The van der Waals surface area contributed by atoms with E-state index in [2.05, 4.69) is 15.9 Å². The average molecular weight is 300 g/mol. The molecule has 0 fully saturated rings. The lowest BCUT2D eigenvalue weighted by Crippen LogP contribution is -2.49. The predicted molar refractivity (Wildman–Crippen MR) is 56.8 cm³/mol. The van der Waals surface area contributed by atoms with Gasteiger partial charge in [-0.05, 0) is 17.7 Å². The molecule has 0 heterocycles. The van der Waals surface area contributed by atoms with E-state index in [1.54, 1.807) is 12.1 Å². The Morgan fingerprint density at radius 2 is 1.81 bits per heavy atom. The van der Waals surface area contributed by atoms with Crippen molar-refractivity contribution in [2.24, 2.45) is 5.73 Å². The number of nitrogens with two attached hydrogens (primary N) is 1. The highest BCUT2D eigenvalue weighted by Crippen LogP contribution is 2.36. The Kier molecular flexibility index (Phi) is 3.96. The third-order valence-corrected chi connectivity index (χ3v) is 2.70. The van der Waals surface area contributed by atoms with Crippen molar-refractivity contribution in [1.82, 2.24) is 0 Å². The number of benzene rings is 1. The predicted octanol–water partition coefficient (Wildman–Crippen LogP) is 3.22. The molecule has 0 saturated heterocycles. The van der Waals surface area contributed by atoms with Crippen LogP contribution in [0.5, 0.6) is 0 Å². The van der Waals surface area contributed by atoms with Gasteiger partial charge in [-0.25, -0.2) is 4.39 Å². The minimum absolute atomic E-state index is 0.250. The molecule has 90 valence electrons. The Labute approximate surface area is 98.8 Å². The quantitative estimate of drug-likeness (QED) is 0.852. The van der Waals surface area contributed by atoms with Crippen molar-refractivity contribution in [3.05, 3.63) is 34.3 Å². The van der Waals surface area contributed by atoms with E-state index in [9.17, 15) is 17.6 Å². The zero-order valence-corrected chi connectivity index (χ0v) is 9.78. The third kappa shape index (κ3) is 2.95. The molecule has 0 aliphatic heterocycles. The minimum Gasteiger partial charge on any atom is -0.327 e. The van der Waals surface area contributed by atoms with Crippen LogP contribution in [0.1, 0.15) is 5.56 Å². The van der Waals surface area contributed by atoms with Crippen molar-refractivity contribution < 1.29 is 17.6 Å². The molecule has 2 N–H and O–H groups in total. The molecule has 0 amide bonds. The topological polar surface area (TPSA) is 26.0 Å². The molecule has 0 aliphatic rings. The molecule has 0 aromatic heterocycles. The van der Waals surface area contributed by atoms with E-state index in [1.165, 1.54) is 12.1 Å². The average Bonchev–Trinajstić information content (AvgIpc) is 2.15. The Balaban J connectivity index is 2.94. The molecule has 6 heteroatoms. The third-order valence-electron chi connectivity index (χ3n) is 2.20. The fourth-order valence-electron chi connectivity index (χ4n) is 1.26. The van der Waals surface area contributed by atoms with Crippen LogP contribution in [-0.4, -0.2) is 18.4 Å². The molecule has 16 heavy (non-hydrogen) atoms. The van der Waals surface area contributed by atoms with E-state index in [1.807, 2.05) is 0 Å². The van der Waals surface area contributed by atoms with Crippen LogP contribution in [-0.2, 0) is 6.42 Å². The molecule has 1 rings (SSSR count). The highest BCUT2D eigenvalue weighted by Gasteiger charge is 2.54. The van der Waals surface area contributed by atoms with Crippen LogP contribution in [0.25, 0.3) is 0 Å². The summed E-state index contributed by atoms with van der Waals surface area (Å²) in [6.07, 6.45) is -5.73. The maximum Gasteiger partial charge on any atom is 0.424 e. The molecular weight excluding hydrogens is 290 g/mol. The first-order chi connectivity index (χ1) is 7.28. The zero-order valence-electron chi connectivity index (χ0n) is 8.19. The van der Waals surface area contributed by atoms with E-state index in [0.29, 0.717) is 4.47 Å². The molecule has 0 aliphatic carbocycles. The van der Waals surface area contributed by atoms with Gasteiger partial charge >= 0.3 is 6.18 Å². The summed E-state index contributed by atoms with van der Waals surface area (Å²) in [5, 5.41) is 0. The van der Waals surface area contributed by atoms with Crippen LogP contribution in [0.3, 0.4) is 0 Å². The van der Waals surface area contributed by atoms with Crippen LogP contribution in [0.2, 0.25) is 0 Å². The van der Waals surface area contributed by atoms with Gasteiger partial charge in [0.05, 0.1) is 0 Å². The Morgan fingerprint density at radius 3 is 2.25 bits per heavy atom. The van der Waals surface area contributed by atoms with Crippen molar-refractivity contribution in [3.8, 4) is 0 Å². The second kappa shape index (κ2) is 4.71. The molecule has 1 aromatic rings. The smallest absolute Gasteiger partial charge is 0.327 e. The van der Waals surface area contributed by atoms with Gasteiger partial charge in [0, 0.05) is 17.4 Å². The van der Waals surface area contributed by atoms with Crippen LogP contribution in [0.4, 0.5) is 17.6 Å². The first kappa shape index (κ1) is 13.4. The molecule has 1 aromatic carbocycles. The summed E-state index contributed by atoms with van der Waals surface area (Å²) in [5.74, 6) is 0. The molecule has 0 radical (unpaired) electrons. The van der Waals surface area contributed by atoms with Gasteiger partial charge in [-0.3, -0.25) is 0 Å². The number of hydrogen-bond acceptors (Lipinski definition) is 1. The second-order valence-corrected chi connectivity index (χ2v) is 4.39. The first-order valence-electron chi connectivity index (χ1n) is 4.49. The maximum absolute atomic E-state index is 13.6. The van der Waals surface area contributed by atoms with Gasteiger partial charge in [0.2, 0.25) is 5.67 Å². The van der Waals surface area contributed by atoms with E-state index >= 15 is 0 Å². The molecular formula is C10H10BrF4N. The summed E-state index contributed by atoms with van der Waals surface area (Å²) >= 11 is 3.11. The highest BCUT2D eigenvalue weighted by molar-refractivity contribution is 9.10. The Bertz CT molecular complexity index is 366. The highest BCUT2D eigenvalue weighted by atomic mass is 79.9. The lowest BCUT2D eigenvalue weighted by atomic mass is 9.96. The molecule has 0 bridgehead atoms. The molecule has 1 nitrogen and oxygen atoms in total. The van der Waals surface area contributed by atoms with Gasteiger partial charge < -0.3 is 5.73 Å². The van der Waals surface area contributed by atoms with Crippen LogP contribution < -0.4 is 5.73 Å². The first-order valence-corrected chi connectivity index (χ1v) is 5.28. The van der Waals surface area contributed by atoms with Crippen LogP contribution in [0, 0.1) is 0 Å². The largest absolute Gasteiger partial charge is 0.424 e. The zero-order chi connectivity index (χ0) is 12.4. The number of halogens is 5. The Morgan fingerprint density at radius 1 is 1.19 bits per heavy atom. The Hall–Kier alpha value is -0.620. The minimum atomic E-state index is -4.95. The van der Waals surface area contributed by atoms with Crippen LogP contribution in [0.15, 0.2) is 28.7 Å². The summed E-state index contributed by atoms with van der Waals surface area (Å²) in [6.45, 7) is -1.08. The summed E-state index contributed by atoms with van der Waals surface area (Å²) in [6, 6.07) is 6.07. The normalized spacial score (nSPS) is 15.9. The van der Waals surface area contributed by atoms with E-state index in [-0.39, 0.29) is 5.56 Å². The van der Waals surface area contributed by atoms with Gasteiger partial charge in [-0.15, -0.1) is 0 Å². The van der Waals surface area contributed by atoms with Gasteiger partial charge in [0.25, 0.3) is 0 Å². The van der Waals surface area contributed by atoms with Crippen molar-refractivity contribution in [2.75, 3.05) is 6.54 Å².